The molecule has 0 aromatic carbocycles. The Morgan fingerprint density at radius 2 is 1.88 bits per heavy atom. The molecule has 16 heavy (non-hydrogen) atoms. The molecule has 1 unspecified atom stereocenters. The third-order valence-electron chi connectivity index (χ3n) is 2.30. The minimum Gasteiger partial charge on any atom is -0.479 e. The summed E-state index contributed by atoms with van der Waals surface area (Å²) in [4.78, 5) is 10.7. The van der Waals surface area contributed by atoms with E-state index in [4.69, 9.17) is 14.6 Å². The lowest BCUT2D eigenvalue weighted by Gasteiger charge is -2.38. The van der Waals surface area contributed by atoms with Crippen LogP contribution < -0.4 is 0 Å². The van der Waals surface area contributed by atoms with E-state index in [2.05, 4.69) is 0 Å². The molecule has 7 nitrogen and oxygen atoms in total. The Kier molecular flexibility index (Phi) is 4.63. The van der Waals surface area contributed by atoms with E-state index in [0.29, 0.717) is 6.42 Å². The minimum atomic E-state index is -1.67. The molecule has 0 aliphatic carbocycles. The monoisotopic (exact) mass is 236 g/mol. The van der Waals surface area contributed by atoms with Crippen LogP contribution in [-0.4, -0.2) is 63.7 Å². The van der Waals surface area contributed by atoms with Gasteiger partial charge in [-0.1, -0.05) is 6.92 Å². The number of carbonyl (C=O) groups is 1. The largest absolute Gasteiger partial charge is 0.479 e. The smallest absolute Gasteiger partial charge is 0.335 e. The Bertz CT molecular complexity index is 244. The summed E-state index contributed by atoms with van der Waals surface area (Å²) in [6, 6.07) is 0. The van der Waals surface area contributed by atoms with Gasteiger partial charge in [-0.2, -0.15) is 0 Å². The molecule has 0 radical (unpaired) electrons. The summed E-state index contributed by atoms with van der Waals surface area (Å²) in [5.41, 5.74) is 0. The van der Waals surface area contributed by atoms with Gasteiger partial charge in [0.1, 0.15) is 18.3 Å². The Balaban J connectivity index is 2.69. The summed E-state index contributed by atoms with van der Waals surface area (Å²) >= 11 is 0. The third kappa shape index (κ3) is 2.69. The molecule has 94 valence electrons. The van der Waals surface area contributed by atoms with Gasteiger partial charge in [0, 0.05) is 6.61 Å². The van der Waals surface area contributed by atoms with E-state index < -0.39 is 36.7 Å². The van der Waals surface area contributed by atoms with Crippen molar-refractivity contribution in [2.45, 2.75) is 44.1 Å². The van der Waals surface area contributed by atoms with Crippen LogP contribution in [0.25, 0.3) is 0 Å². The van der Waals surface area contributed by atoms with Gasteiger partial charge in [-0.3, -0.25) is 0 Å². The van der Waals surface area contributed by atoms with Crippen LogP contribution in [-0.2, 0) is 14.3 Å². The summed E-state index contributed by atoms with van der Waals surface area (Å²) in [6.45, 7) is 2.09. The summed E-state index contributed by atoms with van der Waals surface area (Å²) in [6.07, 6.45) is -6.91. The lowest BCUT2D eigenvalue weighted by atomic mass is 9.99. The minimum absolute atomic E-state index is 0.261. The zero-order chi connectivity index (χ0) is 12.3. The van der Waals surface area contributed by atoms with Gasteiger partial charge >= 0.3 is 5.97 Å². The second-order valence-electron chi connectivity index (χ2n) is 3.61. The van der Waals surface area contributed by atoms with E-state index in [0.717, 1.165) is 0 Å². The molecule has 5 atom stereocenters. The predicted octanol–water partition coefficient (Wildman–Crippen LogP) is -1.69. The van der Waals surface area contributed by atoms with Crippen molar-refractivity contribution >= 4 is 5.97 Å². The van der Waals surface area contributed by atoms with Crippen LogP contribution in [0, 0.1) is 0 Å². The maximum absolute atomic E-state index is 10.7. The molecule has 1 rings (SSSR count). The first kappa shape index (κ1) is 13.3. The number of hydrogen-bond donors (Lipinski definition) is 4. The zero-order valence-electron chi connectivity index (χ0n) is 8.81. The van der Waals surface area contributed by atoms with Gasteiger partial charge in [0.2, 0.25) is 0 Å². The van der Waals surface area contributed by atoms with Crippen LogP contribution in [0.15, 0.2) is 0 Å². The zero-order valence-corrected chi connectivity index (χ0v) is 8.81. The highest BCUT2D eigenvalue weighted by molar-refractivity contribution is 5.73. The van der Waals surface area contributed by atoms with Crippen LogP contribution in [0.4, 0.5) is 0 Å². The number of carboxylic acids is 1. The first-order valence-electron chi connectivity index (χ1n) is 5.03. The normalized spacial score (nSPS) is 39.6. The highest BCUT2D eigenvalue weighted by Gasteiger charge is 2.47. The summed E-state index contributed by atoms with van der Waals surface area (Å²) in [7, 11) is 0. The van der Waals surface area contributed by atoms with Crippen molar-refractivity contribution < 1.29 is 34.7 Å². The van der Waals surface area contributed by atoms with Crippen LogP contribution in [0.2, 0.25) is 0 Å². The quantitative estimate of drug-likeness (QED) is 0.460. The molecule has 1 fully saturated rings. The Hall–Kier alpha value is -0.730. The molecular formula is C9H16O7. The molecule has 1 aliphatic heterocycles. The summed E-state index contributed by atoms with van der Waals surface area (Å²) in [5, 5.41) is 37.0. The van der Waals surface area contributed by atoms with E-state index in [9.17, 15) is 20.1 Å². The predicted molar refractivity (Wildman–Crippen MR) is 50.6 cm³/mol. The highest BCUT2D eigenvalue weighted by Crippen LogP contribution is 2.22. The number of ether oxygens (including phenoxy) is 2. The number of rotatable bonds is 4. The van der Waals surface area contributed by atoms with Crippen molar-refractivity contribution in [3.05, 3.63) is 0 Å². The van der Waals surface area contributed by atoms with Gasteiger partial charge < -0.3 is 29.9 Å². The van der Waals surface area contributed by atoms with Crippen LogP contribution >= 0.6 is 0 Å². The van der Waals surface area contributed by atoms with Crippen LogP contribution in [0.1, 0.15) is 13.3 Å². The summed E-state index contributed by atoms with van der Waals surface area (Å²) < 4.78 is 9.90. The van der Waals surface area contributed by atoms with Gasteiger partial charge in [-0.15, -0.1) is 0 Å². The molecule has 7 heteroatoms. The molecule has 0 saturated carbocycles. The average molecular weight is 236 g/mol. The van der Waals surface area contributed by atoms with Crippen molar-refractivity contribution in [3.8, 4) is 0 Å². The van der Waals surface area contributed by atoms with Gasteiger partial charge in [0.15, 0.2) is 12.4 Å². The first-order valence-corrected chi connectivity index (χ1v) is 5.03. The van der Waals surface area contributed by atoms with Gasteiger partial charge in [0.25, 0.3) is 0 Å². The van der Waals surface area contributed by atoms with Crippen molar-refractivity contribution in [2.24, 2.45) is 0 Å². The molecular weight excluding hydrogens is 220 g/mol. The molecule has 4 N–H and O–H groups in total. The van der Waals surface area contributed by atoms with Crippen LogP contribution in [0.3, 0.4) is 0 Å². The fourth-order valence-corrected chi connectivity index (χ4v) is 1.42. The second kappa shape index (κ2) is 5.55. The van der Waals surface area contributed by atoms with Crippen molar-refractivity contribution in [3.63, 3.8) is 0 Å². The molecule has 1 saturated heterocycles. The molecule has 1 aliphatic rings. The molecule has 0 spiro atoms. The van der Waals surface area contributed by atoms with E-state index in [-0.39, 0.29) is 6.61 Å². The number of aliphatic carboxylic acids is 1. The number of hydrogen-bond acceptors (Lipinski definition) is 6. The maximum atomic E-state index is 10.7. The number of aliphatic hydroxyl groups is 3. The van der Waals surface area contributed by atoms with Crippen molar-refractivity contribution in [1.29, 1.82) is 0 Å². The van der Waals surface area contributed by atoms with Crippen LogP contribution in [0.5, 0.6) is 0 Å². The van der Waals surface area contributed by atoms with E-state index in [1.165, 1.54) is 0 Å². The SMILES string of the molecule is CCCOC1O[C@H](C(=O)O)[C@@H](O)[C@H](O)[C@H]1O. The van der Waals surface area contributed by atoms with E-state index in [1.54, 1.807) is 0 Å². The lowest BCUT2D eigenvalue weighted by molar-refractivity contribution is -0.293. The molecule has 1 heterocycles. The van der Waals surface area contributed by atoms with Crippen molar-refractivity contribution in [1.82, 2.24) is 0 Å². The Morgan fingerprint density at radius 1 is 1.25 bits per heavy atom. The topological polar surface area (TPSA) is 116 Å². The first-order chi connectivity index (χ1) is 7.49. The van der Waals surface area contributed by atoms with Gasteiger partial charge in [0.05, 0.1) is 0 Å². The fourth-order valence-electron chi connectivity index (χ4n) is 1.42. The molecule has 0 aromatic rings. The third-order valence-corrected chi connectivity index (χ3v) is 2.30. The van der Waals surface area contributed by atoms with E-state index >= 15 is 0 Å². The average Bonchev–Trinajstić information content (AvgIpc) is 2.24. The maximum Gasteiger partial charge on any atom is 0.335 e. The lowest BCUT2D eigenvalue weighted by Crippen LogP contribution is -2.60. The van der Waals surface area contributed by atoms with E-state index in [1.807, 2.05) is 6.92 Å². The second-order valence-corrected chi connectivity index (χ2v) is 3.61. The standard InChI is InChI=1S/C9H16O7/c1-2-3-15-9-6(12)4(10)5(11)7(16-9)8(13)14/h4-7,9-12H,2-3H2,1H3,(H,13,14)/t4-,5-,6+,7-,9?/m0/s1. The van der Waals surface area contributed by atoms with Crippen molar-refractivity contribution in [2.75, 3.05) is 6.61 Å². The number of aliphatic hydroxyl groups excluding tert-OH is 3. The molecule has 0 bridgehead atoms. The Morgan fingerprint density at radius 3 is 2.38 bits per heavy atom. The Labute approximate surface area is 92.2 Å². The van der Waals surface area contributed by atoms with Gasteiger partial charge in [-0.25, -0.2) is 4.79 Å². The number of carboxylic acid groups (broad SMARTS) is 1. The summed E-state index contributed by atoms with van der Waals surface area (Å²) in [5.74, 6) is -1.41. The molecule has 0 aromatic heterocycles. The molecule has 0 amide bonds. The fraction of sp³-hybridized carbons (Fsp3) is 0.889. The highest BCUT2D eigenvalue weighted by atomic mass is 16.7. The van der Waals surface area contributed by atoms with Gasteiger partial charge in [-0.05, 0) is 6.42 Å².